The maximum absolute atomic E-state index is 12.3. The molecular formula is C18H19NO4. The maximum Gasteiger partial charge on any atom is 0.319 e. The molecule has 5 nitrogen and oxygen atoms in total. The van der Waals surface area contributed by atoms with Crippen molar-refractivity contribution >= 4 is 11.9 Å². The van der Waals surface area contributed by atoms with E-state index in [1.54, 1.807) is 24.3 Å². The average molecular weight is 313 g/mol. The smallest absolute Gasteiger partial charge is 0.319 e. The molecule has 0 saturated carbocycles. The molecule has 5 heteroatoms. The normalized spacial score (nSPS) is 13.1. The van der Waals surface area contributed by atoms with Gasteiger partial charge in [0.15, 0.2) is 0 Å². The lowest BCUT2D eigenvalue weighted by Gasteiger charge is -2.23. The van der Waals surface area contributed by atoms with Gasteiger partial charge in [0, 0.05) is 0 Å². The molecule has 0 bridgehead atoms. The third-order valence-electron chi connectivity index (χ3n) is 3.62. The van der Waals surface area contributed by atoms with E-state index in [-0.39, 0.29) is 13.0 Å². The molecule has 1 unspecified atom stereocenters. The Balaban J connectivity index is 1.99. The average Bonchev–Trinajstić information content (AvgIpc) is 2.56. The van der Waals surface area contributed by atoms with Gasteiger partial charge in [0.25, 0.3) is 5.91 Å². The van der Waals surface area contributed by atoms with Crippen molar-refractivity contribution in [1.82, 2.24) is 5.48 Å². The van der Waals surface area contributed by atoms with E-state index in [0.717, 1.165) is 11.1 Å². The van der Waals surface area contributed by atoms with Crippen LogP contribution in [0.15, 0.2) is 60.7 Å². The summed E-state index contributed by atoms with van der Waals surface area (Å²) in [4.78, 5) is 29.0. The number of benzene rings is 2. The summed E-state index contributed by atoms with van der Waals surface area (Å²) in [6, 6.07) is 18.3. The lowest BCUT2D eigenvalue weighted by Crippen LogP contribution is -2.46. The molecule has 0 fully saturated rings. The van der Waals surface area contributed by atoms with Gasteiger partial charge in [-0.05, 0) is 24.5 Å². The fraction of sp³-hybridized carbons (Fsp3) is 0.222. The van der Waals surface area contributed by atoms with Crippen LogP contribution < -0.4 is 5.48 Å². The van der Waals surface area contributed by atoms with Crippen molar-refractivity contribution in [2.45, 2.75) is 20.0 Å². The Bertz CT molecular complexity index is 657. The molecule has 0 heterocycles. The maximum atomic E-state index is 12.3. The summed E-state index contributed by atoms with van der Waals surface area (Å²) >= 11 is 0. The summed E-state index contributed by atoms with van der Waals surface area (Å²) in [5, 5.41) is 9.46. The van der Waals surface area contributed by atoms with E-state index in [9.17, 15) is 14.7 Å². The molecule has 0 aliphatic carbocycles. The highest BCUT2D eigenvalue weighted by molar-refractivity contribution is 6.01. The molecule has 0 aromatic heterocycles. The van der Waals surface area contributed by atoms with Crippen LogP contribution in [0.4, 0.5) is 0 Å². The SMILES string of the molecule is CC(Cc1ccccc1)(C(=O)O)C(=O)NOCc1ccccc1. The zero-order valence-corrected chi connectivity index (χ0v) is 12.9. The van der Waals surface area contributed by atoms with Gasteiger partial charge in [-0.3, -0.25) is 14.4 Å². The summed E-state index contributed by atoms with van der Waals surface area (Å²) in [7, 11) is 0. The highest BCUT2D eigenvalue weighted by atomic mass is 16.7. The van der Waals surface area contributed by atoms with Crippen molar-refractivity contribution in [2.24, 2.45) is 5.41 Å². The third-order valence-corrected chi connectivity index (χ3v) is 3.62. The fourth-order valence-electron chi connectivity index (χ4n) is 2.13. The second kappa shape index (κ2) is 7.56. The number of hydroxylamine groups is 1. The number of carbonyl (C=O) groups is 2. The van der Waals surface area contributed by atoms with Crippen LogP contribution in [-0.4, -0.2) is 17.0 Å². The van der Waals surface area contributed by atoms with Gasteiger partial charge in [-0.25, -0.2) is 5.48 Å². The van der Waals surface area contributed by atoms with Crippen LogP contribution in [0.25, 0.3) is 0 Å². The summed E-state index contributed by atoms with van der Waals surface area (Å²) in [6.45, 7) is 1.57. The first-order valence-corrected chi connectivity index (χ1v) is 7.26. The number of rotatable bonds is 7. The van der Waals surface area contributed by atoms with E-state index < -0.39 is 17.3 Å². The number of hydrogen-bond acceptors (Lipinski definition) is 3. The zero-order valence-electron chi connectivity index (χ0n) is 12.9. The molecule has 0 radical (unpaired) electrons. The van der Waals surface area contributed by atoms with E-state index >= 15 is 0 Å². The quantitative estimate of drug-likeness (QED) is 0.608. The molecular weight excluding hydrogens is 294 g/mol. The Morgan fingerprint density at radius 3 is 2.04 bits per heavy atom. The van der Waals surface area contributed by atoms with E-state index in [1.807, 2.05) is 36.4 Å². The minimum Gasteiger partial charge on any atom is -0.480 e. The van der Waals surface area contributed by atoms with Crippen LogP contribution in [0.2, 0.25) is 0 Å². The molecule has 0 aliphatic rings. The van der Waals surface area contributed by atoms with Crippen molar-refractivity contribution in [3.05, 3.63) is 71.8 Å². The minimum absolute atomic E-state index is 0.0870. The molecule has 2 aromatic carbocycles. The zero-order chi connectivity index (χ0) is 16.7. The van der Waals surface area contributed by atoms with Gasteiger partial charge >= 0.3 is 5.97 Å². The number of carboxylic acid groups (broad SMARTS) is 1. The predicted octanol–water partition coefficient (Wildman–Crippen LogP) is 2.57. The first-order chi connectivity index (χ1) is 11.0. The van der Waals surface area contributed by atoms with Crippen LogP contribution in [0.1, 0.15) is 18.1 Å². The molecule has 2 rings (SSSR count). The Morgan fingerprint density at radius 1 is 1.00 bits per heavy atom. The van der Waals surface area contributed by atoms with Gasteiger partial charge in [-0.15, -0.1) is 0 Å². The second-order valence-electron chi connectivity index (χ2n) is 5.51. The first-order valence-electron chi connectivity index (χ1n) is 7.26. The summed E-state index contributed by atoms with van der Waals surface area (Å²) in [5.41, 5.74) is 2.31. The first kappa shape index (κ1) is 16.7. The molecule has 0 spiro atoms. The molecule has 2 N–H and O–H groups in total. The molecule has 23 heavy (non-hydrogen) atoms. The number of carboxylic acids is 1. The fourth-order valence-corrected chi connectivity index (χ4v) is 2.13. The van der Waals surface area contributed by atoms with Gasteiger partial charge in [0.1, 0.15) is 5.41 Å². The van der Waals surface area contributed by atoms with Crippen LogP contribution in [0.5, 0.6) is 0 Å². The molecule has 120 valence electrons. The van der Waals surface area contributed by atoms with E-state index in [2.05, 4.69) is 5.48 Å². The Hall–Kier alpha value is -2.66. The topological polar surface area (TPSA) is 75.6 Å². The van der Waals surface area contributed by atoms with E-state index in [4.69, 9.17) is 4.84 Å². The monoisotopic (exact) mass is 313 g/mol. The number of carbonyl (C=O) groups excluding carboxylic acids is 1. The van der Waals surface area contributed by atoms with Crippen LogP contribution in [-0.2, 0) is 27.5 Å². The molecule has 1 amide bonds. The van der Waals surface area contributed by atoms with Gasteiger partial charge in [0.05, 0.1) is 6.61 Å². The lowest BCUT2D eigenvalue weighted by molar-refractivity contribution is -0.160. The lowest BCUT2D eigenvalue weighted by atomic mass is 9.83. The highest BCUT2D eigenvalue weighted by Gasteiger charge is 2.41. The standard InChI is InChI=1S/C18H19NO4/c1-18(17(21)22,12-14-8-4-2-5-9-14)16(20)19-23-13-15-10-6-3-7-11-15/h2-11H,12-13H2,1H3,(H,19,20)(H,21,22). The number of amides is 1. The van der Waals surface area contributed by atoms with E-state index in [0.29, 0.717) is 0 Å². The largest absolute Gasteiger partial charge is 0.480 e. The van der Waals surface area contributed by atoms with Gasteiger partial charge in [-0.1, -0.05) is 60.7 Å². The second-order valence-corrected chi connectivity index (χ2v) is 5.51. The van der Waals surface area contributed by atoms with Crippen LogP contribution in [0, 0.1) is 5.41 Å². The summed E-state index contributed by atoms with van der Waals surface area (Å²) in [5.74, 6) is -1.87. The minimum atomic E-state index is -1.60. The van der Waals surface area contributed by atoms with Gasteiger partial charge < -0.3 is 5.11 Å². The molecule has 0 saturated heterocycles. The van der Waals surface area contributed by atoms with Gasteiger partial charge in [0.2, 0.25) is 0 Å². The molecule has 0 aliphatic heterocycles. The third kappa shape index (κ3) is 4.40. The number of hydrogen-bond donors (Lipinski definition) is 2. The Morgan fingerprint density at radius 2 is 1.52 bits per heavy atom. The molecule has 1 atom stereocenters. The Kier molecular flexibility index (Phi) is 5.49. The highest BCUT2D eigenvalue weighted by Crippen LogP contribution is 2.23. The summed E-state index contributed by atoms with van der Waals surface area (Å²) in [6.07, 6.45) is 0.0870. The van der Waals surface area contributed by atoms with Crippen LogP contribution >= 0.6 is 0 Å². The predicted molar refractivity (Wildman–Crippen MR) is 85.3 cm³/mol. The number of aliphatic carboxylic acids is 1. The Labute approximate surface area is 134 Å². The van der Waals surface area contributed by atoms with E-state index in [1.165, 1.54) is 6.92 Å². The van der Waals surface area contributed by atoms with Crippen LogP contribution in [0.3, 0.4) is 0 Å². The van der Waals surface area contributed by atoms with Gasteiger partial charge in [-0.2, -0.15) is 0 Å². The van der Waals surface area contributed by atoms with Crippen molar-refractivity contribution < 1.29 is 19.5 Å². The number of nitrogens with one attached hydrogen (secondary N) is 1. The van der Waals surface area contributed by atoms with Crippen molar-refractivity contribution in [2.75, 3.05) is 0 Å². The summed E-state index contributed by atoms with van der Waals surface area (Å²) < 4.78 is 0. The molecule has 2 aromatic rings. The van der Waals surface area contributed by atoms with Crippen molar-refractivity contribution in [1.29, 1.82) is 0 Å². The van der Waals surface area contributed by atoms with Crippen molar-refractivity contribution in [3.8, 4) is 0 Å². The van der Waals surface area contributed by atoms with Crippen molar-refractivity contribution in [3.63, 3.8) is 0 Å².